The standard InChI is InChI=1S/C16H24ClN5O2.ClH/c1-11(18)10-24-14-4-7-22(15(14)23)13-2-5-21(6-3-13)16-19-8-12(17)9-20-16;/h8-9,11,13-14H,2-7,10,18H2,1H3;1H. The van der Waals surface area contributed by atoms with Crippen molar-refractivity contribution in [1.82, 2.24) is 14.9 Å². The number of ether oxygens (including phenoxy) is 1. The van der Waals surface area contributed by atoms with Gasteiger partial charge >= 0.3 is 0 Å². The summed E-state index contributed by atoms with van der Waals surface area (Å²) in [6.45, 7) is 4.75. The maximum atomic E-state index is 12.5. The third-order valence-electron chi connectivity index (χ3n) is 4.55. The fourth-order valence-corrected chi connectivity index (χ4v) is 3.40. The second-order valence-corrected chi connectivity index (χ2v) is 6.98. The van der Waals surface area contributed by atoms with Gasteiger partial charge in [0.1, 0.15) is 6.10 Å². The van der Waals surface area contributed by atoms with E-state index in [0.717, 1.165) is 38.9 Å². The maximum Gasteiger partial charge on any atom is 0.252 e. The molecule has 0 spiro atoms. The fraction of sp³-hybridized carbons (Fsp3) is 0.688. The van der Waals surface area contributed by atoms with Crippen LogP contribution in [0.1, 0.15) is 26.2 Å². The number of halogens is 2. The molecular formula is C16H25Cl2N5O2. The number of nitrogens with two attached hydrogens (primary N) is 1. The van der Waals surface area contributed by atoms with Crippen molar-refractivity contribution < 1.29 is 9.53 Å². The number of rotatable bonds is 5. The Morgan fingerprint density at radius 1 is 1.28 bits per heavy atom. The van der Waals surface area contributed by atoms with Crippen LogP contribution in [0.2, 0.25) is 5.02 Å². The van der Waals surface area contributed by atoms with Crippen LogP contribution in [-0.2, 0) is 9.53 Å². The van der Waals surface area contributed by atoms with Crippen molar-refractivity contribution in [3.8, 4) is 0 Å². The van der Waals surface area contributed by atoms with E-state index >= 15 is 0 Å². The van der Waals surface area contributed by atoms with Crippen molar-refractivity contribution in [3.05, 3.63) is 17.4 Å². The number of hydrogen-bond donors (Lipinski definition) is 1. The van der Waals surface area contributed by atoms with E-state index in [1.165, 1.54) is 0 Å². The first-order chi connectivity index (χ1) is 11.5. The summed E-state index contributed by atoms with van der Waals surface area (Å²) in [6.07, 6.45) is 5.48. The smallest absolute Gasteiger partial charge is 0.252 e. The molecule has 0 aliphatic carbocycles. The quantitative estimate of drug-likeness (QED) is 0.820. The Hall–Kier alpha value is -1.15. The number of likely N-dealkylation sites (tertiary alicyclic amines) is 1. The average molecular weight is 390 g/mol. The number of aromatic nitrogens is 2. The lowest BCUT2D eigenvalue weighted by Gasteiger charge is -2.36. The fourth-order valence-electron chi connectivity index (χ4n) is 3.31. The molecule has 2 saturated heterocycles. The lowest BCUT2D eigenvalue weighted by atomic mass is 10.0. The third kappa shape index (κ3) is 4.94. The van der Waals surface area contributed by atoms with Gasteiger partial charge < -0.3 is 20.3 Å². The highest BCUT2D eigenvalue weighted by atomic mass is 35.5. The molecule has 3 rings (SSSR count). The van der Waals surface area contributed by atoms with E-state index in [2.05, 4.69) is 14.9 Å². The van der Waals surface area contributed by atoms with Gasteiger partial charge in [0.15, 0.2) is 0 Å². The molecule has 0 radical (unpaired) electrons. The number of amides is 1. The molecule has 2 aliphatic heterocycles. The Morgan fingerprint density at radius 2 is 1.92 bits per heavy atom. The van der Waals surface area contributed by atoms with Crippen molar-refractivity contribution >= 4 is 35.9 Å². The zero-order valence-electron chi connectivity index (χ0n) is 14.3. The Bertz CT molecular complexity index is 564. The number of nitrogens with zero attached hydrogens (tertiary/aromatic N) is 4. The molecule has 2 fully saturated rings. The molecule has 9 heteroatoms. The Morgan fingerprint density at radius 3 is 2.52 bits per heavy atom. The van der Waals surface area contributed by atoms with Gasteiger partial charge in [0.25, 0.3) is 5.91 Å². The number of anilines is 1. The van der Waals surface area contributed by atoms with E-state index in [1.54, 1.807) is 12.4 Å². The van der Waals surface area contributed by atoms with Crippen LogP contribution in [0.5, 0.6) is 0 Å². The van der Waals surface area contributed by atoms with Crippen LogP contribution in [0.15, 0.2) is 12.4 Å². The highest BCUT2D eigenvalue weighted by Gasteiger charge is 2.38. The zero-order chi connectivity index (χ0) is 17.1. The summed E-state index contributed by atoms with van der Waals surface area (Å²) >= 11 is 5.83. The van der Waals surface area contributed by atoms with E-state index < -0.39 is 0 Å². The van der Waals surface area contributed by atoms with Gasteiger partial charge in [0.05, 0.1) is 24.0 Å². The number of piperidine rings is 1. The first kappa shape index (κ1) is 20.2. The van der Waals surface area contributed by atoms with E-state index in [4.69, 9.17) is 22.1 Å². The minimum atomic E-state index is -0.325. The predicted octanol–water partition coefficient (Wildman–Crippen LogP) is 1.49. The Labute approximate surface area is 159 Å². The molecule has 25 heavy (non-hydrogen) atoms. The van der Waals surface area contributed by atoms with Crippen LogP contribution in [0.25, 0.3) is 0 Å². The van der Waals surface area contributed by atoms with E-state index in [1.807, 2.05) is 11.8 Å². The van der Waals surface area contributed by atoms with Crippen molar-refractivity contribution in [2.24, 2.45) is 5.73 Å². The van der Waals surface area contributed by atoms with Crippen LogP contribution in [0.4, 0.5) is 5.95 Å². The van der Waals surface area contributed by atoms with Crippen LogP contribution in [-0.4, -0.2) is 65.2 Å². The SMILES string of the molecule is CC(N)COC1CCN(C2CCN(c3ncc(Cl)cn3)CC2)C1=O.Cl. The van der Waals surface area contributed by atoms with Crippen molar-refractivity contribution in [3.63, 3.8) is 0 Å². The second-order valence-electron chi connectivity index (χ2n) is 6.54. The summed E-state index contributed by atoms with van der Waals surface area (Å²) in [5.74, 6) is 0.806. The van der Waals surface area contributed by atoms with Gasteiger partial charge in [-0.25, -0.2) is 9.97 Å². The van der Waals surface area contributed by atoms with E-state index in [-0.39, 0.29) is 36.5 Å². The topological polar surface area (TPSA) is 84.6 Å². The molecule has 2 N–H and O–H groups in total. The van der Waals surface area contributed by atoms with Gasteiger partial charge in [0, 0.05) is 38.1 Å². The first-order valence-electron chi connectivity index (χ1n) is 8.44. The molecule has 1 amide bonds. The Balaban J connectivity index is 0.00000225. The molecule has 0 bridgehead atoms. The molecule has 7 nitrogen and oxygen atoms in total. The monoisotopic (exact) mass is 389 g/mol. The molecule has 0 saturated carbocycles. The van der Waals surface area contributed by atoms with Gasteiger partial charge in [-0.2, -0.15) is 0 Å². The minimum Gasteiger partial charge on any atom is -0.367 e. The van der Waals surface area contributed by atoms with Gasteiger partial charge in [0.2, 0.25) is 5.95 Å². The number of hydrogen-bond acceptors (Lipinski definition) is 6. The van der Waals surface area contributed by atoms with Crippen molar-refractivity contribution in [2.75, 3.05) is 31.1 Å². The third-order valence-corrected chi connectivity index (χ3v) is 4.74. The summed E-state index contributed by atoms with van der Waals surface area (Å²) in [5, 5.41) is 0.536. The number of carbonyl (C=O) groups excluding carboxylic acids is 1. The molecule has 1 aromatic rings. The van der Waals surface area contributed by atoms with Crippen molar-refractivity contribution in [2.45, 2.75) is 44.4 Å². The lowest BCUT2D eigenvalue weighted by molar-refractivity contribution is -0.139. The van der Waals surface area contributed by atoms with Crippen LogP contribution in [0, 0.1) is 0 Å². The predicted molar refractivity (Wildman–Crippen MR) is 99.2 cm³/mol. The molecule has 2 unspecified atom stereocenters. The molecular weight excluding hydrogens is 365 g/mol. The molecule has 2 atom stereocenters. The summed E-state index contributed by atoms with van der Waals surface area (Å²) < 4.78 is 5.64. The summed E-state index contributed by atoms with van der Waals surface area (Å²) in [6, 6.07) is 0.222. The van der Waals surface area contributed by atoms with Gasteiger partial charge in [-0.3, -0.25) is 4.79 Å². The molecule has 0 aromatic carbocycles. The summed E-state index contributed by atoms with van der Waals surface area (Å²) in [4.78, 5) is 25.2. The molecule has 1 aromatic heterocycles. The maximum absolute atomic E-state index is 12.5. The van der Waals surface area contributed by atoms with E-state index in [0.29, 0.717) is 17.6 Å². The molecule has 2 aliphatic rings. The first-order valence-corrected chi connectivity index (χ1v) is 8.82. The summed E-state index contributed by atoms with van der Waals surface area (Å²) in [5.41, 5.74) is 5.70. The Kier molecular flexibility index (Phi) is 7.25. The normalized spacial score (nSPS) is 22.8. The second kappa shape index (κ2) is 8.98. The van der Waals surface area contributed by atoms with Crippen LogP contribution in [0.3, 0.4) is 0 Å². The van der Waals surface area contributed by atoms with Gasteiger partial charge in [-0.05, 0) is 19.8 Å². The van der Waals surface area contributed by atoms with Crippen molar-refractivity contribution in [1.29, 1.82) is 0 Å². The lowest BCUT2D eigenvalue weighted by Crippen LogP contribution is -2.47. The minimum absolute atomic E-state index is 0. The molecule has 140 valence electrons. The van der Waals surface area contributed by atoms with Crippen LogP contribution < -0.4 is 10.6 Å². The average Bonchev–Trinajstić information content (AvgIpc) is 2.95. The zero-order valence-corrected chi connectivity index (χ0v) is 15.9. The van der Waals surface area contributed by atoms with E-state index in [9.17, 15) is 4.79 Å². The van der Waals surface area contributed by atoms with Crippen LogP contribution >= 0.6 is 24.0 Å². The highest BCUT2D eigenvalue weighted by molar-refractivity contribution is 6.30. The molecule has 3 heterocycles. The number of carbonyl (C=O) groups is 1. The summed E-state index contributed by atoms with van der Waals surface area (Å²) in [7, 11) is 0. The largest absolute Gasteiger partial charge is 0.367 e. The van der Waals surface area contributed by atoms with Gasteiger partial charge in [-0.15, -0.1) is 12.4 Å². The van der Waals surface area contributed by atoms with Gasteiger partial charge in [-0.1, -0.05) is 11.6 Å². The highest BCUT2D eigenvalue weighted by Crippen LogP contribution is 2.25.